The molecule has 1 aliphatic heterocycles. The molecule has 1 aromatic rings. The summed E-state index contributed by atoms with van der Waals surface area (Å²) in [5.74, 6) is 2.59. The zero-order valence-corrected chi connectivity index (χ0v) is 14.2. The molecule has 1 saturated heterocycles. The van der Waals surface area contributed by atoms with E-state index in [9.17, 15) is 4.79 Å². The number of nitrogens with zero attached hydrogens (tertiary/aromatic N) is 1. The molecule has 0 radical (unpaired) electrons. The van der Waals surface area contributed by atoms with E-state index in [1.54, 1.807) is 14.2 Å². The SMILES string of the molecule is COc1cc2c(cc1OC)[C@@]13CCN(C)[C@@H](C2)[C@@H]1CCC(=O)C3. The molecule has 124 valence electrons. The van der Waals surface area contributed by atoms with Crippen molar-refractivity contribution in [1.29, 1.82) is 0 Å². The predicted octanol–water partition coefficient (Wildman–Crippen LogP) is 2.57. The number of likely N-dealkylation sites (tertiary alicyclic amines) is 1. The molecule has 3 aliphatic rings. The maximum absolute atomic E-state index is 12.3. The second-order valence-corrected chi connectivity index (χ2v) is 7.38. The Morgan fingerprint density at radius 3 is 2.70 bits per heavy atom. The summed E-state index contributed by atoms with van der Waals surface area (Å²) in [5.41, 5.74) is 2.70. The summed E-state index contributed by atoms with van der Waals surface area (Å²) in [6.07, 6.45) is 4.59. The summed E-state index contributed by atoms with van der Waals surface area (Å²) in [5, 5.41) is 0. The minimum atomic E-state index is 0.0135. The number of carbonyl (C=O) groups is 1. The molecule has 3 atom stereocenters. The number of Topliss-reactive ketones (excluding diaryl/α,β-unsaturated/α-hetero) is 1. The van der Waals surface area contributed by atoms with Gasteiger partial charge in [0.25, 0.3) is 0 Å². The van der Waals surface area contributed by atoms with Crippen molar-refractivity contribution >= 4 is 5.78 Å². The van der Waals surface area contributed by atoms with Crippen molar-refractivity contribution in [3.05, 3.63) is 23.3 Å². The van der Waals surface area contributed by atoms with E-state index in [1.807, 2.05) is 0 Å². The molecule has 2 aliphatic carbocycles. The van der Waals surface area contributed by atoms with Crippen LogP contribution in [0.5, 0.6) is 11.5 Å². The van der Waals surface area contributed by atoms with Crippen LogP contribution in [0, 0.1) is 5.92 Å². The zero-order valence-electron chi connectivity index (χ0n) is 14.2. The molecule has 0 unspecified atom stereocenters. The molecule has 4 rings (SSSR count). The molecule has 0 N–H and O–H groups in total. The van der Waals surface area contributed by atoms with Crippen LogP contribution in [-0.4, -0.2) is 44.5 Å². The Balaban J connectivity index is 1.91. The van der Waals surface area contributed by atoms with Crippen LogP contribution in [0.2, 0.25) is 0 Å². The third kappa shape index (κ3) is 2.04. The maximum atomic E-state index is 12.3. The number of rotatable bonds is 2. The van der Waals surface area contributed by atoms with E-state index < -0.39 is 0 Å². The van der Waals surface area contributed by atoms with E-state index in [2.05, 4.69) is 24.1 Å². The first-order valence-electron chi connectivity index (χ1n) is 8.56. The van der Waals surface area contributed by atoms with Crippen LogP contribution in [-0.2, 0) is 16.6 Å². The van der Waals surface area contributed by atoms with Crippen LogP contribution >= 0.6 is 0 Å². The fourth-order valence-corrected chi connectivity index (χ4v) is 5.35. The molecule has 4 heteroatoms. The lowest BCUT2D eigenvalue weighted by molar-refractivity contribution is -0.126. The van der Waals surface area contributed by atoms with Gasteiger partial charge in [0.2, 0.25) is 0 Å². The molecule has 0 amide bonds. The number of fused-ring (bicyclic) bond motifs is 1. The fraction of sp³-hybridized carbons (Fsp3) is 0.632. The molecule has 1 aromatic carbocycles. The van der Waals surface area contributed by atoms with Gasteiger partial charge in [-0.05, 0) is 62.0 Å². The Kier molecular flexibility index (Phi) is 3.41. The minimum absolute atomic E-state index is 0.0135. The average Bonchev–Trinajstić information content (AvgIpc) is 2.56. The summed E-state index contributed by atoms with van der Waals surface area (Å²) < 4.78 is 11.0. The Hall–Kier alpha value is -1.55. The van der Waals surface area contributed by atoms with E-state index in [1.165, 1.54) is 11.1 Å². The smallest absolute Gasteiger partial charge is 0.161 e. The topological polar surface area (TPSA) is 38.8 Å². The summed E-state index contributed by atoms with van der Waals surface area (Å²) in [7, 11) is 5.60. The highest BCUT2D eigenvalue weighted by Gasteiger charge is 2.55. The maximum Gasteiger partial charge on any atom is 0.161 e. The molecule has 2 fully saturated rings. The number of carbonyl (C=O) groups excluding carboxylic acids is 1. The van der Waals surface area contributed by atoms with Gasteiger partial charge in [0.05, 0.1) is 14.2 Å². The van der Waals surface area contributed by atoms with Crippen molar-refractivity contribution < 1.29 is 14.3 Å². The van der Waals surface area contributed by atoms with Gasteiger partial charge in [-0.2, -0.15) is 0 Å². The quantitative estimate of drug-likeness (QED) is 0.841. The first-order chi connectivity index (χ1) is 11.1. The van der Waals surface area contributed by atoms with Crippen molar-refractivity contribution in [3.63, 3.8) is 0 Å². The molecule has 1 saturated carbocycles. The second-order valence-electron chi connectivity index (χ2n) is 7.38. The first kappa shape index (κ1) is 15.0. The standard InChI is InChI=1S/C19H25NO3/c1-20-7-6-19-11-13(21)4-5-14(19)16(20)8-12-9-17(22-2)18(23-3)10-15(12)19/h9-10,14,16H,4-8,11H2,1-3H3/t14-,16-,19+/m0/s1. The normalized spacial score (nSPS) is 32.9. The number of hydrogen-bond donors (Lipinski definition) is 0. The molecule has 1 heterocycles. The number of piperidine rings is 1. The minimum Gasteiger partial charge on any atom is -0.493 e. The third-order valence-corrected chi connectivity index (χ3v) is 6.47. The van der Waals surface area contributed by atoms with Gasteiger partial charge in [-0.15, -0.1) is 0 Å². The Morgan fingerprint density at radius 2 is 1.96 bits per heavy atom. The van der Waals surface area contributed by atoms with Crippen molar-refractivity contribution in [2.45, 2.75) is 43.6 Å². The molecule has 4 nitrogen and oxygen atoms in total. The Bertz CT molecular complexity index is 656. The highest BCUT2D eigenvalue weighted by atomic mass is 16.5. The molecule has 0 spiro atoms. The van der Waals surface area contributed by atoms with Crippen LogP contribution in [0.3, 0.4) is 0 Å². The van der Waals surface area contributed by atoms with Crippen LogP contribution < -0.4 is 9.47 Å². The number of hydrogen-bond acceptors (Lipinski definition) is 4. The second kappa shape index (κ2) is 5.23. The molecule has 2 bridgehead atoms. The van der Waals surface area contributed by atoms with Gasteiger partial charge in [0.15, 0.2) is 11.5 Å². The van der Waals surface area contributed by atoms with Crippen LogP contribution in [0.1, 0.15) is 36.8 Å². The van der Waals surface area contributed by atoms with Gasteiger partial charge in [-0.3, -0.25) is 4.79 Å². The third-order valence-electron chi connectivity index (χ3n) is 6.47. The molecule has 0 aromatic heterocycles. The van der Waals surface area contributed by atoms with Crippen molar-refractivity contribution in [1.82, 2.24) is 4.90 Å². The van der Waals surface area contributed by atoms with E-state index in [0.29, 0.717) is 24.2 Å². The van der Waals surface area contributed by atoms with E-state index in [-0.39, 0.29) is 5.41 Å². The number of likely N-dealkylation sites (N-methyl/N-ethyl adjacent to an activating group) is 1. The lowest BCUT2D eigenvalue weighted by atomic mass is 9.52. The summed E-state index contributed by atoms with van der Waals surface area (Å²) in [6.45, 7) is 1.07. The van der Waals surface area contributed by atoms with Gasteiger partial charge in [0, 0.05) is 24.3 Å². The number of benzene rings is 1. The number of ketones is 1. The van der Waals surface area contributed by atoms with Crippen molar-refractivity contribution in [2.75, 3.05) is 27.8 Å². The van der Waals surface area contributed by atoms with Crippen molar-refractivity contribution in [3.8, 4) is 11.5 Å². The van der Waals surface area contributed by atoms with Crippen LogP contribution in [0.4, 0.5) is 0 Å². The Labute approximate surface area is 137 Å². The summed E-state index contributed by atoms with van der Waals surface area (Å²) >= 11 is 0. The fourth-order valence-electron chi connectivity index (χ4n) is 5.35. The van der Waals surface area contributed by atoms with E-state index in [4.69, 9.17) is 9.47 Å². The number of methoxy groups -OCH3 is 2. The zero-order chi connectivity index (χ0) is 16.2. The predicted molar refractivity (Wildman–Crippen MR) is 88.3 cm³/mol. The molecular formula is C19H25NO3. The monoisotopic (exact) mass is 315 g/mol. The lowest BCUT2D eigenvalue weighted by Gasteiger charge is -2.58. The van der Waals surface area contributed by atoms with Gasteiger partial charge >= 0.3 is 0 Å². The van der Waals surface area contributed by atoms with E-state index >= 15 is 0 Å². The largest absolute Gasteiger partial charge is 0.493 e. The van der Waals surface area contributed by atoms with Crippen molar-refractivity contribution in [2.24, 2.45) is 5.92 Å². The van der Waals surface area contributed by atoms with Crippen LogP contribution in [0.15, 0.2) is 12.1 Å². The summed E-state index contributed by atoms with van der Waals surface area (Å²) in [4.78, 5) is 14.8. The van der Waals surface area contributed by atoms with Gasteiger partial charge < -0.3 is 14.4 Å². The summed E-state index contributed by atoms with van der Waals surface area (Å²) in [6, 6.07) is 4.83. The van der Waals surface area contributed by atoms with Crippen LogP contribution in [0.25, 0.3) is 0 Å². The van der Waals surface area contributed by atoms with E-state index in [0.717, 1.165) is 43.7 Å². The number of ether oxygens (including phenoxy) is 2. The van der Waals surface area contributed by atoms with Gasteiger partial charge in [-0.25, -0.2) is 0 Å². The van der Waals surface area contributed by atoms with Gasteiger partial charge in [0.1, 0.15) is 5.78 Å². The highest BCUT2D eigenvalue weighted by molar-refractivity contribution is 5.81. The lowest BCUT2D eigenvalue weighted by Crippen LogP contribution is -2.60. The highest BCUT2D eigenvalue weighted by Crippen LogP contribution is 2.56. The first-order valence-corrected chi connectivity index (χ1v) is 8.56. The Morgan fingerprint density at radius 1 is 1.22 bits per heavy atom. The van der Waals surface area contributed by atoms with Gasteiger partial charge in [-0.1, -0.05) is 0 Å². The molecular weight excluding hydrogens is 290 g/mol. The molecule has 23 heavy (non-hydrogen) atoms. The average molecular weight is 315 g/mol.